The largest absolute Gasteiger partial charge is 0.486 e. The fourth-order valence-corrected chi connectivity index (χ4v) is 2.78. The molecule has 2 aliphatic heterocycles. The molecule has 2 heterocycles. The quantitative estimate of drug-likeness (QED) is 0.755. The van der Waals surface area contributed by atoms with Gasteiger partial charge in [0, 0.05) is 13.1 Å². The van der Waals surface area contributed by atoms with Gasteiger partial charge in [0.15, 0.2) is 11.5 Å². The molecule has 0 bridgehead atoms. The Balaban J connectivity index is 1.63. The van der Waals surface area contributed by atoms with E-state index in [0.717, 1.165) is 5.56 Å². The summed E-state index contributed by atoms with van der Waals surface area (Å²) in [7, 11) is 0. The van der Waals surface area contributed by atoms with Crippen LogP contribution < -0.4 is 20.1 Å². The highest BCUT2D eigenvalue weighted by atomic mass is 35.5. The molecule has 0 unspecified atom stereocenters. The van der Waals surface area contributed by atoms with E-state index in [4.69, 9.17) is 21.1 Å². The van der Waals surface area contributed by atoms with Crippen LogP contribution in [0, 0.1) is 0 Å². The molecular formula is C14H17ClN2O4. The summed E-state index contributed by atoms with van der Waals surface area (Å²) in [5, 5.41) is 15.7. The number of rotatable bonds is 3. The van der Waals surface area contributed by atoms with Crippen LogP contribution in [0.15, 0.2) is 12.1 Å². The van der Waals surface area contributed by atoms with Crippen molar-refractivity contribution in [1.82, 2.24) is 10.6 Å². The zero-order valence-corrected chi connectivity index (χ0v) is 12.2. The molecule has 0 aromatic heterocycles. The lowest BCUT2D eigenvalue weighted by molar-refractivity contribution is -0.123. The fourth-order valence-electron chi connectivity index (χ4n) is 2.50. The predicted octanol–water partition coefficient (Wildman–Crippen LogP) is 0.450. The van der Waals surface area contributed by atoms with Crippen LogP contribution >= 0.6 is 11.6 Å². The third-order valence-electron chi connectivity index (χ3n) is 3.55. The SMILES string of the molecule is O=C(NCc1cc(Cl)c2c(c1)OCCO2)[C@@H]1C[C@H](O)CN1. The van der Waals surface area contributed by atoms with Gasteiger partial charge in [-0.15, -0.1) is 0 Å². The summed E-state index contributed by atoms with van der Waals surface area (Å²) in [5.74, 6) is 1.03. The Labute approximate surface area is 127 Å². The van der Waals surface area contributed by atoms with E-state index in [9.17, 15) is 9.90 Å². The summed E-state index contributed by atoms with van der Waals surface area (Å²) in [4.78, 5) is 12.0. The number of aliphatic hydroxyl groups excluding tert-OH is 1. The maximum absolute atomic E-state index is 12.0. The number of amides is 1. The number of hydrogen-bond donors (Lipinski definition) is 3. The molecule has 1 aromatic carbocycles. The average molecular weight is 313 g/mol. The second-order valence-electron chi connectivity index (χ2n) is 5.17. The molecule has 3 rings (SSSR count). The van der Waals surface area contributed by atoms with Gasteiger partial charge in [-0.1, -0.05) is 11.6 Å². The van der Waals surface area contributed by atoms with Crippen LogP contribution in [0.25, 0.3) is 0 Å². The standard InChI is InChI=1S/C14H17ClN2O4/c15-10-3-8(4-12-13(10)21-2-1-20-12)6-17-14(19)11-5-9(18)7-16-11/h3-4,9,11,16,18H,1-2,5-7H2,(H,17,19)/t9-,11-/m0/s1. The number of carbonyl (C=O) groups is 1. The van der Waals surface area contributed by atoms with Gasteiger partial charge in [0.05, 0.1) is 17.2 Å². The zero-order chi connectivity index (χ0) is 14.8. The molecule has 6 nitrogen and oxygen atoms in total. The fraction of sp³-hybridized carbons (Fsp3) is 0.500. The third kappa shape index (κ3) is 3.23. The molecular weight excluding hydrogens is 296 g/mol. The Kier molecular flexibility index (Phi) is 4.19. The van der Waals surface area contributed by atoms with Gasteiger partial charge in [0.1, 0.15) is 13.2 Å². The topological polar surface area (TPSA) is 79.8 Å². The normalized spacial score (nSPS) is 23.9. The highest BCUT2D eigenvalue weighted by molar-refractivity contribution is 6.32. The Morgan fingerprint density at radius 2 is 2.24 bits per heavy atom. The Bertz CT molecular complexity index is 552. The molecule has 3 N–H and O–H groups in total. The van der Waals surface area contributed by atoms with Gasteiger partial charge in [-0.2, -0.15) is 0 Å². The van der Waals surface area contributed by atoms with E-state index in [2.05, 4.69) is 10.6 Å². The van der Waals surface area contributed by atoms with Crippen molar-refractivity contribution < 1.29 is 19.4 Å². The number of halogens is 1. The first-order valence-electron chi connectivity index (χ1n) is 6.90. The molecule has 1 fully saturated rings. The number of benzene rings is 1. The molecule has 2 aliphatic rings. The van der Waals surface area contributed by atoms with Crippen LogP contribution in [0.1, 0.15) is 12.0 Å². The van der Waals surface area contributed by atoms with E-state index in [1.165, 1.54) is 0 Å². The molecule has 0 aliphatic carbocycles. The second kappa shape index (κ2) is 6.09. The van der Waals surface area contributed by atoms with Crippen molar-refractivity contribution in [2.24, 2.45) is 0 Å². The van der Waals surface area contributed by atoms with Crippen LogP contribution in [-0.2, 0) is 11.3 Å². The van der Waals surface area contributed by atoms with Crippen LogP contribution in [0.5, 0.6) is 11.5 Å². The van der Waals surface area contributed by atoms with Crippen molar-refractivity contribution >= 4 is 17.5 Å². The number of β-amino-alcohol motifs (C(OH)–C–C–N with tert-alkyl or cyclic N) is 1. The molecule has 114 valence electrons. The number of nitrogens with one attached hydrogen (secondary N) is 2. The summed E-state index contributed by atoms with van der Waals surface area (Å²) in [6.07, 6.45) is -0.0160. The van der Waals surface area contributed by atoms with E-state index in [1.54, 1.807) is 6.07 Å². The first kappa shape index (κ1) is 14.4. The Morgan fingerprint density at radius 3 is 3.00 bits per heavy atom. The van der Waals surface area contributed by atoms with E-state index in [-0.39, 0.29) is 11.9 Å². The number of ether oxygens (including phenoxy) is 2. The van der Waals surface area contributed by atoms with Crippen molar-refractivity contribution in [2.45, 2.75) is 25.1 Å². The van der Waals surface area contributed by atoms with E-state index >= 15 is 0 Å². The molecule has 1 amide bonds. The van der Waals surface area contributed by atoms with Gasteiger partial charge in [0.25, 0.3) is 0 Å². The summed E-state index contributed by atoms with van der Waals surface area (Å²) < 4.78 is 10.9. The van der Waals surface area contributed by atoms with Gasteiger partial charge in [0.2, 0.25) is 5.91 Å². The molecule has 21 heavy (non-hydrogen) atoms. The molecule has 0 radical (unpaired) electrons. The maximum Gasteiger partial charge on any atom is 0.237 e. The van der Waals surface area contributed by atoms with Gasteiger partial charge in [-0.3, -0.25) is 4.79 Å². The van der Waals surface area contributed by atoms with E-state index in [0.29, 0.717) is 49.2 Å². The number of hydrogen-bond acceptors (Lipinski definition) is 5. The zero-order valence-electron chi connectivity index (χ0n) is 11.4. The summed E-state index contributed by atoms with van der Waals surface area (Å²) in [5.41, 5.74) is 0.844. The molecule has 1 saturated heterocycles. The van der Waals surface area contributed by atoms with Gasteiger partial charge < -0.3 is 25.2 Å². The lowest BCUT2D eigenvalue weighted by Gasteiger charge is -2.20. The van der Waals surface area contributed by atoms with Crippen molar-refractivity contribution in [2.75, 3.05) is 19.8 Å². The second-order valence-corrected chi connectivity index (χ2v) is 5.58. The highest BCUT2D eigenvalue weighted by Crippen LogP contribution is 2.38. The smallest absolute Gasteiger partial charge is 0.237 e. The third-order valence-corrected chi connectivity index (χ3v) is 3.83. The Morgan fingerprint density at radius 1 is 1.43 bits per heavy atom. The molecule has 0 spiro atoms. The Hall–Kier alpha value is -1.50. The molecule has 0 saturated carbocycles. The van der Waals surface area contributed by atoms with Crippen molar-refractivity contribution in [3.05, 3.63) is 22.7 Å². The van der Waals surface area contributed by atoms with Gasteiger partial charge >= 0.3 is 0 Å². The number of fused-ring (bicyclic) bond motifs is 1. The minimum atomic E-state index is -0.454. The van der Waals surface area contributed by atoms with Crippen LogP contribution in [0.2, 0.25) is 5.02 Å². The first-order chi connectivity index (χ1) is 10.1. The predicted molar refractivity (Wildman–Crippen MR) is 76.7 cm³/mol. The summed E-state index contributed by atoms with van der Waals surface area (Å²) >= 11 is 6.15. The minimum Gasteiger partial charge on any atom is -0.486 e. The van der Waals surface area contributed by atoms with E-state index in [1.807, 2.05) is 6.07 Å². The molecule has 7 heteroatoms. The van der Waals surface area contributed by atoms with Gasteiger partial charge in [-0.05, 0) is 24.1 Å². The summed E-state index contributed by atoms with van der Waals surface area (Å²) in [6, 6.07) is 3.23. The molecule has 2 atom stereocenters. The monoisotopic (exact) mass is 312 g/mol. The molecule has 1 aromatic rings. The summed E-state index contributed by atoms with van der Waals surface area (Å²) in [6.45, 7) is 1.78. The van der Waals surface area contributed by atoms with Crippen molar-refractivity contribution in [3.63, 3.8) is 0 Å². The van der Waals surface area contributed by atoms with E-state index < -0.39 is 6.10 Å². The van der Waals surface area contributed by atoms with Gasteiger partial charge in [-0.25, -0.2) is 0 Å². The van der Waals surface area contributed by atoms with Crippen molar-refractivity contribution in [3.8, 4) is 11.5 Å². The highest BCUT2D eigenvalue weighted by Gasteiger charge is 2.27. The van der Waals surface area contributed by atoms with Crippen molar-refractivity contribution in [1.29, 1.82) is 0 Å². The average Bonchev–Trinajstić information content (AvgIpc) is 2.91. The maximum atomic E-state index is 12.0. The first-order valence-corrected chi connectivity index (χ1v) is 7.28. The van der Waals surface area contributed by atoms with Crippen LogP contribution in [0.4, 0.5) is 0 Å². The lowest BCUT2D eigenvalue weighted by Crippen LogP contribution is -2.40. The van der Waals surface area contributed by atoms with Crippen LogP contribution in [0.3, 0.4) is 0 Å². The van der Waals surface area contributed by atoms with Crippen LogP contribution in [-0.4, -0.2) is 42.9 Å². The lowest BCUT2D eigenvalue weighted by atomic mass is 10.1. The minimum absolute atomic E-state index is 0.127. The number of aliphatic hydroxyl groups is 1. The number of carbonyl (C=O) groups excluding carboxylic acids is 1.